The molecule has 0 saturated carbocycles. The van der Waals surface area contributed by atoms with E-state index >= 15 is 0 Å². The maximum Gasteiger partial charge on any atom is 0.222 e. The van der Waals surface area contributed by atoms with Gasteiger partial charge < -0.3 is 15.0 Å². The first kappa shape index (κ1) is 18.8. The number of hydrogen-bond donors (Lipinski definition) is 1. The standard InChI is InChI=1S/C17H26N2O2.ClH/c1-3-21-16-9-5-4-7-14(16)13-19(2)17(20)11-10-15-8-6-12-18-15;/h4-5,7,9,15,18H,3,6,8,10-13H2,1-2H3;1H. The molecule has 124 valence electrons. The molecule has 0 aliphatic carbocycles. The number of hydrogen-bond acceptors (Lipinski definition) is 3. The average Bonchev–Trinajstić information content (AvgIpc) is 3.00. The minimum Gasteiger partial charge on any atom is -0.494 e. The van der Waals surface area contributed by atoms with Crippen molar-refractivity contribution in [3.63, 3.8) is 0 Å². The van der Waals surface area contributed by atoms with Gasteiger partial charge in [0.05, 0.1) is 6.61 Å². The minimum atomic E-state index is 0. The molecule has 2 rings (SSSR count). The molecule has 1 aromatic rings. The van der Waals surface area contributed by atoms with Crippen LogP contribution in [0.4, 0.5) is 0 Å². The van der Waals surface area contributed by atoms with Gasteiger partial charge in [0, 0.05) is 31.6 Å². The van der Waals surface area contributed by atoms with Crippen LogP contribution in [0.3, 0.4) is 0 Å². The van der Waals surface area contributed by atoms with Crippen LogP contribution in [-0.4, -0.2) is 37.0 Å². The number of benzene rings is 1. The summed E-state index contributed by atoms with van der Waals surface area (Å²) in [6, 6.07) is 8.45. The van der Waals surface area contributed by atoms with Crippen molar-refractivity contribution < 1.29 is 9.53 Å². The number of nitrogens with one attached hydrogen (secondary N) is 1. The van der Waals surface area contributed by atoms with Crippen LogP contribution < -0.4 is 10.1 Å². The maximum atomic E-state index is 12.2. The van der Waals surface area contributed by atoms with E-state index in [1.165, 1.54) is 12.8 Å². The molecule has 5 heteroatoms. The number of ether oxygens (including phenoxy) is 1. The van der Waals surface area contributed by atoms with Crippen molar-refractivity contribution >= 4 is 18.3 Å². The van der Waals surface area contributed by atoms with Gasteiger partial charge in [-0.05, 0) is 38.8 Å². The summed E-state index contributed by atoms with van der Waals surface area (Å²) in [5.74, 6) is 1.08. The monoisotopic (exact) mass is 326 g/mol. The van der Waals surface area contributed by atoms with Crippen molar-refractivity contribution in [2.24, 2.45) is 0 Å². The third-order valence-corrected chi connectivity index (χ3v) is 3.97. The lowest BCUT2D eigenvalue weighted by Crippen LogP contribution is -2.29. The van der Waals surface area contributed by atoms with Gasteiger partial charge in [-0.2, -0.15) is 0 Å². The van der Waals surface area contributed by atoms with Gasteiger partial charge in [0.25, 0.3) is 0 Å². The lowest BCUT2D eigenvalue weighted by Gasteiger charge is -2.20. The normalized spacial score (nSPS) is 16.9. The zero-order valence-electron chi connectivity index (χ0n) is 13.5. The quantitative estimate of drug-likeness (QED) is 0.837. The zero-order valence-corrected chi connectivity index (χ0v) is 14.3. The molecule has 1 unspecified atom stereocenters. The average molecular weight is 327 g/mol. The van der Waals surface area contributed by atoms with Crippen LogP contribution in [-0.2, 0) is 11.3 Å². The van der Waals surface area contributed by atoms with Gasteiger partial charge in [-0.15, -0.1) is 12.4 Å². The predicted molar refractivity (Wildman–Crippen MR) is 91.6 cm³/mol. The van der Waals surface area contributed by atoms with Gasteiger partial charge in [0.2, 0.25) is 5.91 Å². The number of halogens is 1. The highest BCUT2D eigenvalue weighted by Gasteiger charge is 2.17. The van der Waals surface area contributed by atoms with Gasteiger partial charge in [-0.1, -0.05) is 18.2 Å². The van der Waals surface area contributed by atoms with E-state index in [0.29, 0.717) is 25.6 Å². The minimum absolute atomic E-state index is 0. The van der Waals surface area contributed by atoms with E-state index in [2.05, 4.69) is 5.32 Å². The lowest BCUT2D eigenvalue weighted by atomic mass is 10.1. The highest BCUT2D eigenvalue weighted by atomic mass is 35.5. The molecule has 22 heavy (non-hydrogen) atoms. The first-order chi connectivity index (χ1) is 10.2. The third-order valence-electron chi connectivity index (χ3n) is 3.97. The van der Waals surface area contributed by atoms with E-state index in [4.69, 9.17) is 4.74 Å². The number of para-hydroxylation sites is 1. The van der Waals surface area contributed by atoms with Gasteiger partial charge in [0.15, 0.2) is 0 Å². The second-order valence-corrected chi connectivity index (χ2v) is 5.62. The Kier molecular flexibility index (Phi) is 8.28. The van der Waals surface area contributed by atoms with Crippen molar-refractivity contribution in [2.45, 2.75) is 45.2 Å². The van der Waals surface area contributed by atoms with Crippen LogP contribution in [0.2, 0.25) is 0 Å². The highest BCUT2D eigenvalue weighted by molar-refractivity contribution is 5.85. The summed E-state index contributed by atoms with van der Waals surface area (Å²) in [6.07, 6.45) is 3.99. The number of carbonyl (C=O) groups is 1. The van der Waals surface area contributed by atoms with Gasteiger partial charge >= 0.3 is 0 Å². The second kappa shape index (κ2) is 9.70. The summed E-state index contributed by atoms with van der Waals surface area (Å²) in [7, 11) is 1.87. The Bertz CT molecular complexity index is 462. The zero-order chi connectivity index (χ0) is 15.1. The highest BCUT2D eigenvalue weighted by Crippen LogP contribution is 2.20. The summed E-state index contributed by atoms with van der Waals surface area (Å²) in [5, 5.41) is 3.44. The van der Waals surface area contributed by atoms with E-state index < -0.39 is 0 Å². The fourth-order valence-corrected chi connectivity index (χ4v) is 2.77. The summed E-state index contributed by atoms with van der Waals surface area (Å²) < 4.78 is 5.61. The second-order valence-electron chi connectivity index (χ2n) is 5.62. The van der Waals surface area contributed by atoms with E-state index in [-0.39, 0.29) is 18.3 Å². The molecular weight excluding hydrogens is 300 g/mol. The Balaban J connectivity index is 0.00000242. The van der Waals surface area contributed by atoms with Gasteiger partial charge in [0.1, 0.15) is 5.75 Å². The van der Waals surface area contributed by atoms with Gasteiger partial charge in [-0.25, -0.2) is 0 Å². The maximum absolute atomic E-state index is 12.2. The number of amides is 1. The number of nitrogens with zero attached hydrogens (tertiary/aromatic N) is 1. The van der Waals surface area contributed by atoms with Crippen molar-refractivity contribution in [3.05, 3.63) is 29.8 Å². The number of rotatable bonds is 7. The molecule has 1 aliphatic rings. The lowest BCUT2D eigenvalue weighted by molar-refractivity contribution is -0.130. The molecule has 1 saturated heterocycles. The van der Waals surface area contributed by atoms with E-state index in [0.717, 1.165) is 24.3 Å². The number of carbonyl (C=O) groups excluding carboxylic acids is 1. The van der Waals surface area contributed by atoms with E-state index in [9.17, 15) is 4.79 Å². The summed E-state index contributed by atoms with van der Waals surface area (Å²) in [6.45, 7) is 4.31. The summed E-state index contributed by atoms with van der Waals surface area (Å²) in [4.78, 5) is 14.0. The van der Waals surface area contributed by atoms with E-state index in [1.807, 2.05) is 38.2 Å². The Morgan fingerprint density at radius 2 is 2.18 bits per heavy atom. The van der Waals surface area contributed by atoms with Crippen molar-refractivity contribution in [1.82, 2.24) is 10.2 Å². The molecule has 1 aromatic carbocycles. The van der Waals surface area contributed by atoms with Crippen LogP contribution in [0.1, 0.15) is 38.2 Å². The molecule has 1 aliphatic heterocycles. The summed E-state index contributed by atoms with van der Waals surface area (Å²) in [5.41, 5.74) is 1.06. The largest absolute Gasteiger partial charge is 0.494 e. The first-order valence-corrected chi connectivity index (χ1v) is 7.88. The van der Waals surface area contributed by atoms with Crippen molar-refractivity contribution in [3.8, 4) is 5.75 Å². The Labute approximate surface area is 139 Å². The Morgan fingerprint density at radius 1 is 1.41 bits per heavy atom. The van der Waals surface area contributed by atoms with Crippen molar-refractivity contribution in [2.75, 3.05) is 20.2 Å². The Morgan fingerprint density at radius 3 is 2.86 bits per heavy atom. The molecule has 0 aromatic heterocycles. The molecular formula is C17H27ClN2O2. The third kappa shape index (κ3) is 5.50. The molecule has 0 radical (unpaired) electrons. The molecule has 4 nitrogen and oxygen atoms in total. The Hall–Kier alpha value is -1.26. The van der Waals surface area contributed by atoms with Crippen LogP contribution >= 0.6 is 12.4 Å². The molecule has 0 bridgehead atoms. The van der Waals surface area contributed by atoms with Crippen LogP contribution in [0.5, 0.6) is 5.75 Å². The molecule has 1 N–H and O–H groups in total. The fourth-order valence-electron chi connectivity index (χ4n) is 2.77. The molecule has 1 fully saturated rings. The molecule has 1 atom stereocenters. The van der Waals surface area contributed by atoms with Crippen LogP contribution in [0.15, 0.2) is 24.3 Å². The molecule has 1 heterocycles. The molecule has 0 spiro atoms. The molecule has 1 amide bonds. The predicted octanol–water partition coefficient (Wildman–Crippen LogP) is 3.00. The van der Waals surface area contributed by atoms with Gasteiger partial charge in [-0.3, -0.25) is 4.79 Å². The summed E-state index contributed by atoms with van der Waals surface area (Å²) >= 11 is 0. The fraction of sp³-hybridized carbons (Fsp3) is 0.588. The smallest absolute Gasteiger partial charge is 0.222 e. The van der Waals surface area contributed by atoms with Crippen LogP contribution in [0, 0.1) is 0 Å². The van der Waals surface area contributed by atoms with Crippen molar-refractivity contribution in [1.29, 1.82) is 0 Å². The first-order valence-electron chi connectivity index (χ1n) is 7.88. The van der Waals surface area contributed by atoms with E-state index in [1.54, 1.807) is 4.90 Å². The SMILES string of the molecule is CCOc1ccccc1CN(C)C(=O)CCC1CCCN1.Cl. The van der Waals surface area contributed by atoms with Crippen LogP contribution in [0.25, 0.3) is 0 Å². The topological polar surface area (TPSA) is 41.6 Å².